The van der Waals surface area contributed by atoms with Crippen molar-refractivity contribution in [1.82, 2.24) is 14.9 Å². The van der Waals surface area contributed by atoms with Crippen molar-refractivity contribution < 1.29 is 19.1 Å². The number of aromatic nitrogens is 2. The van der Waals surface area contributed by atoms with Crippen molar-refractivity contribution in [3.05, 3.63) is 24.5 Å². The molecule has 3 rings (SSSR count). The fourth-order valence-electron chi connectivity index (χ4n) is 4.49. The summed E-state index contributed by atoms with van der Waals surface area (Å²) in [5.74, 6) is 0.396. The Morgan fingerprint density at radius 1 is 1.16 bits per heavy atom. The number of hydrogen-bond acceptors (Lipinski definition) is 7. The van der Waals surface area contributed by atoms with Crippen LogP contribution >= 0.6 is 0 Å². The molecule has 3 heterocycles. The van der Waals surface area contributed by atoms with E-state index in [0.717, 1.165) is 53.8 Å². The molecule has 1 atom stereocenters. The van der Waals surface area contributed by atoms with Crippen molar-refractivity contribution in [2.45, 2.75) is 92.4 Å². The van der Waals surface area contributed by atoms with Crippen LogP contribution in [0.4, 0.5) is 21.0 Å². The van der Waals surface area contributed by atoms with Crippen LogP contribution in [0.3, 0.4) is 0 Å². The fourth-order valence-corrected chi connectivity index (χ4v) is 4.49. The number of anilines is 2. The van der Waals surface area contributed by atoms with Gasteiger partial charge in [0, 0.05) is 43.6 Å². The number of ether oxygens (including phenoxy) is 2. The highest BCUT2D eigenvalue weighted by Gasteiger charge is 2.30. The Morgan fingerprint density at radius 2 is 1.82 bits per heavy atom. The first-order valence-corrected chi connectivity index (χ1v) is 13.5. The van der Waals surface area contributed by atoms with Crippen molar-refractivity contribution in [3.63, 3.8) is 0 Å². The van der Waals surface area contributed by atoms with Gasteiger partial charge in [0.2, 0.25) is 0 Å². The average Bonchev–Trinajstić information content (AvgIpc) is 3.13. The van der Waals surface area contributed by atoms with Gasteiger partial charge in [0.1, 0.15) is 11.2 Å². The van der Waals surface area contributed by atoms with Crippen molar-refractivity contribution in [1.29, 1.82) is 0 Å². The van der Waals surface area contributed by atoms with E-state index in [1.807, 2.05) is 48.5 Å². The summed E-state index contributed by atoms with van der Waals surface area (Å²) in [4.78, 5) is 32.7. The van der Waals surface area contributed by atoms with E-state index in [4.69, 9.17) is 14.5 Å². The number of alkyl carbamates (subject to hydrolysis) is 1. The van der Waals surface area contributed by atoms with Crippen LogP contribution in [0.15, 0.2) is 19.0 Å². The molecule has 9 nitrogen and oxygen atoms in total. The molecule has 0 radical (unpaired) electrons. The van der Waals surface area contributed by atoms with Gasteiger partial charge in [-0.3, -0.25) is 0 Å². The predicted octanol–water partition coefficient (Wildman–Crippen LogP) is 6.41. The molecule has 1 aliphatic heterocycles. The summed E-state index contributed by atoms with van der Waals surface area (Å²) in [7, 11) is 0. The van der Waals surface area contributed by atoms with Gasteiger partial charge in [0.15, 0.2) is 5.65 Å². The van der Waals surface area contributed by atoms with E-state index >= 15 is 0 Å². The van der Waals surface area contributed by atoms with Crippen molar-refractivity contribution in [3.8, 4) is 0 Å². The molecule has 0 saturated carbocycles. The molecule has 210 valence electrons. The predicted molar refractivity (Wildman–Crippen MR) is 154 cm³/mol. The number of carbonyl (C=O) groups is 2. The van der Waals surface area contributed by atoms with Gasteiger partial charge in [0.25, 0.3) is 0 Å². The first-order chi connectivity index (χ1) is 17.6. The minimum absolute atomic E-state index is 0.0835. The second-order valence-electron chi connectivity index (χ2n) is 12.6. The molecule has 1 fully saturated rings. The van der Waals surface area contributed by atoms with Crippen LogP contribution in [-0.4, -0.2) is 58.6 Å². The van der Waals surface area contributed by atoms with Gasteiger partial charge in [-0.2, -0.15) is 0 Å². The minimum Gasteiger partial charge on any atom is -0.444 e. The van der Waals surface area contributed by atoms with Crippen LogP contribution in [-0.2, 0) is 9.47 Å². The zero-order valence-corrected chi connectivity index (χ0v) is 24.5. The van der Waals surface area contributed by atoms with Crippen molar-refractivity contribution in [2.24, 2.45) is 5.92 Å². The van der Waals surface area contributed by atoms with E-state index in [0.29, 0.717) is 18.1 Å². The molecule has 0 spiro atoms. The lowest BCUT2D eigenvalue weighted by Gasteiger charge is -2.36. The zero-order chi connectivity index (χ0) is 28.4. The smallest absolute Gasteiger partial charge is 0.420 e. The van der Waals surface area contributed by atoms with Crippen LogP contribution in [0, 0.1) is 5.92 Å². The van der Waals surface area contributed by atoms with Gasteiger partial charge in [-0.25, -0.2) is 19.1 Å². The highest BCUT2D eigenvalue weighted by molar-refractivity contribution is 6.07. The number of pyridine rings is 1. The number of nitrogens with zero attached hydrogens (tertiary/aromatic N) is 3. The lowest BCUT2D eigenvalue weighted by Crippen LogP contribution is -2.49. The summed E-state index contributed by atoms with van der Waals surface area (Å²) in [6, 6.07) is -0.0835. The molecule has 1 saturated heterocycles. The third-order valence-corrected chi connectivity index (χ3v) is 6.00. The highest BCUT2D eigenvalue weighted by atomic mass is 16.6. The lowest BCUT2D eigenvalue weighted by atomic mass is 10.00. The Bertz CT molecular complexity index is 1190. The number of piperidine rings is 1. The van der Waals surface area contributed by atoms with E-state index in [9.17, 15) is 9.59 Å². The summed E-state index contributed by atoms with van der Waals surface area (Å²) < 4.78 is 12.7. The molecule has 2 N–H and O–H groups in total. The van der Waals surface area contributed by atoms with E-state index < -0.39 is 23.4 Å². The molecule has 0 aromatic carbocycles. The molecule has 0 bridgehead atoms. The standard InChI is InChI=1S/C29H45N5O4/c1-18(2)14-30-22-17-34(27(36)38-29(8,9)10)25-23(22)24(21(15-31-25)19(3)4)33-13-11-12-20(16-33)32-26(35)37-28(5,6)7/h15,17-18,20,30H,3,11-14,16H2,1-2,4-10H3,(H,32,35). The van der Waals surface area contributed by atoms with Crippen LogP contribution in [0.25, 0.3) is 16.6 Å². The maximum atomic E-state index is 13.2. The van der Waals surface area contributed by atoms with Crippen LogP contribution in [0.2, 0.25) is 0 Å². The van der Waals surface area contributed by atoms with Crippen molar-refractivity contribution in [2.75, 3.05) is 29.9 Å². The maximum absolute atomic E-state index is 13.2. The third kappa shape index (κ3) is 7.42. The Kier molecular flexibility index (Phi) is 8.68. The number of carbonyl (C=O) groups excluding carboxylic acids is 2. The Balaban J connectivity index is 2.10. The van der Waals surface area contributed by atoms with Crippen LogP contribution < -0.4 is 15.5 Å². The molecule has 1 aliphatic rings. The average molecular weight is 528 g/mol. The van der Waals surface area contributed by atoms with Gasteiger partial charge in [0.05, 0.1) is 16.8 Å². The van der Waals surface area contributed by atoms with Crippen LogP contribution in [0.1, 0.15) is 80.7 Å². The molecule has 2 aromatic rings. The van der Waals surface area contributed by atoms with Gasteiger partial charge in [-0.15, -0.1) is 0 Å². The van der Waals surface area contributed by atoms with Crippen LogP contribution in [0.5, 0.6) is 0 Å². The maximum Gasteiger partial charge on any atom is 0.420 e. The second kappa shape index (κ2) is 11.3. The Labute approximate surface area is 226 Å². The number of nitrogens with one attached hydrogen (secondary N) is 2. The summed E-state index contributed by atoms with van der Waals surface area (Å²) in [6.07, 6.45) is 4.40. The van der Waals surface area contributed by atoms with E-state index in [1.165, 1.54) is 4.57 Å². The molecule has 0 aliphatic carbocycles. The molecular formula is C29H45N5O4. The first kappa shape index (κ1) is 29.3. The lowest BCUT2D eigenvalue weighted by molar-refractivity contribution is 0.0497. The summed E-state index contributed by atoms with van der Waals surface area (Å²) in [5.41, 5.74) is 2.85. The summed E-state index contributed by atoms with van der Waals surface area (Å²) in [6.45, 7) is 23.7. The second-order valence-corrected chi connectivity index (χ2v) is 12.6. The topological polar surface area (TPSA) is 97.7 Å². The van der Waals surface area contributed by atoms with E-state index in [2.05, 4.69) is 36.0 Å². The molecular weight excluding hydrogens is 482 g/mol. The number of fused-ring (bicyclic) bond motifs is 1. The molecule has 38 heavy (non-hydrogen) atoms. The molecule has 1 amide bonds. The van der Waals surface area contributed by atoms with E-state index in [1.54, 1.807) is 12.4 Å². The van der Waals surface area contributed by atoms with Gasteiger partial charge < -0.3 is 25.0 Å². The monoisotopic (exact) mass is 527 g/mol. The fraction of sp³-hybridized carbons (Fsp3) is 0.621. The third-order valence-electron chi connectivity index (χ3n) is 6.00. The Morgan fingerprint density at radius 3 is 2.39 bits per heavy atom. The molecule has 9 heteroatoms. The van der Waals surface area contributed by atoms with Gasteiger partial charge in [-0.1, -0.05) is 20.4 Å². The highest BCUT2D eigenvalue weighted by Crippen LogP contribution is 2.40. The normalized spacial score (nSPS) is 16.5. The number of rotatable bonds is 6. The Hall–Kier alpha value is -3.23. The number of amides is 1. The number of hydrogen-bond donors (Lipinski definition) is 2. The molecule has 2 aromatic heterocycles. The van der Waals surface area contributed by atoms with E-state index in [-0.39, 0.29) is 6.04 Å². The zero-order valence-electron chi connectivity index (χ0n) is 24.5. The SMILES string of the molecule is C=C(C)c1cnc2c(c(NCC(C)C)cn2C(=O)OC(C)(C)C)c1N1CCCC(NC(=O)OC(C)(C)C)C1. The largest absolute Gasteiger partial charge is 0.444 e. The van der Waals surface area contributed by atoms with Gasteiger partial charge >= 0.3 is 12.2 Å². The molecule has 1 unspecified atom stereocenters. The van der Waals surface area contributed by atoms with Crippen molar-refractivity contribution >= 4 is 40.2 Å². The first-order valence-electron chi connectivity index (χ1n) is 13.5. The quantitative estimate of drug-likeness (QED) is 0.448. The number of allylic oxidation sites excluding steroid dienone is 1. The minimum atomic E-state index is -0.646. The summed E-state index contributed by atoms with van der Waals surface area (Å²) >= 11 is 0. The summed E-state index contributed by atoms with van der Waals surface area (Å²) in [5, 5.41) is 7.41. The van der Waals surface area contributed by atoms with Gasteiger partial charge in [-0.05, 0) is 72.8 Å².